The quantitative estimate of drug-likeness (QED) is 0.275. The predicted molar refractivity (Wildman–Crippen MR) is 29.0 cm³/mol. The molecule has 0 aromatic carbocycles. The van der Waals surface area contributed by atoms with Crippen LogP contribution in [0.5, 0.6) is 0 Å². The number of halogens is 2. The Hall–Kier alpha value is 2.30. The van der Waals surface area contributed by atoms with Crippen LogP contribution in [-0.2, 0) is 0 Å². The van der Waals surface area contributed by atoms with Gasteiger partial charge in [-0.25, -0.2) is 0 Å². The monoisotopic (exact) mass is 206 g/mol. The second-order valence-corrected chi connectivity index (χ2v) is 0. The van der Waals surface area contributed by atoms with E-state index >= 15 is 0 Å². The summed E-state index contributed by atoms with van der Waals surface area (Å²) in [6.07, 6.45) is 0. The van der Waals surface area contributed by atoms with Crippen molar-refractivity contribution in [1.29, 1.82) is 0 Å². The minimum absolute atomic E-state index is 0. The average Bonchev–Trinajstić information content (AvgIpc) is 1.00. The van der Waals surface area contributed by atoms with E-state index in [1.165, 1.54) is 0 Å². The molecule has 38 valence electrons. The number of hydrogen-bond acceptors (Lipinski definition) is 0. The van der Waals surface area contributed by atoms with Crippen molar-refractivity contribution >= 4 is 46.1 Å². The maximum absolute atomic E-state index is 3.25. The fourth-order valence-electron chi connectivity index (χ4n) is 0. The normalized spacial score (nSPS) is 0.857. The summed E-state index contributed by atoms with van der Waals surface area (Å²) in [5, 5.41) is 0. The molecule has 0 rings (SSSR count). The number of rotatable bonds is 0. The summed E-state index contributed by atoms with van der Waals surface area (Å²) < 4.78 is 0. The SMILES string of the molecule is [Br-].[CH2-]C.[CH3-].[Cl-].[Mg+2].[Mg+2]. The van der Waals surface area contributed by atoms with E-state index in [9.17, 15) is 0 Å². The van der Waals surface area contributed by atoms with Gasteiger partial charge in [0.05, 0.1) is 0 Å². The van der Waals surface area contributed by atoms with E-state index in [1.54, 1.807) is 6.92 Å². The van der Waals surface area contributed by atoms with E-state index < -0.39 is 0 Å². The van der Waals surface area contributed by atoms with Crippen LogP contribution in [0.15, 0.2) is 0 Å². The van der Waals surface area contributed by atoms with E-state index in [0.717, 1.165) is 0 Å². The van der Waals surface area contributed by atoms with Crippen molar-refractivity contribution in [3.8, 4) is 0 Å². The Labute approximate surface area is 95.7 Å². The third-order valence-electron chi connectivity index (χ3n) is 0. The zero-order valence-corrected chi connectivity index (χ0v) is 10.0. The maximum Gasteiger partial charge on any atom is 2.00 e. The summed E-state index contributed by atoms with van der Waals surface area (Å²) in [4.78, 5) is 0. The van der Waals surface area contributed by atoms with Gasteiger partial charge in [-0.1, -0.05) is 0 Å². The van der Waals surface area contributed by atoms with E-state index in [1.807, 2.05) is 0 Å². The summed E-state index contributed by atoms with van der Waals surface area (Å²) in [6.45, 7) is 5.00. The molecule has 4 heteroatoms. The first-order chi connectivity index (χ1) is 1.00. The largest absolute Gasteiger partial charge is 2.00 e. The fraction of sp³-hybridized carbons (Fsp3) is 0.333. The molecule has 0 aliphatic carbocycles. The second kappa shape index (κ2) is 83.5. The minimum Gasteiger partial charge on any atom is -1.00 e. The van der Waals surface area contributed by atoms with Crippen LogP contribution in [0.1, 0.15) is 6.92 Å². The average molecular weight is 208 g/mol. The molecule has 0 aromatic heterocycles. The molecule has 0 unspecified atom stereocenters. The van der Waals surface area contributed by atoms with Gasteiger partial charge < -0.3 is 43.7 Å². The molecule has 0 saturated heterocycles. The van der Waals surface area contributed by atoms with Gasteiger partial charge in [0.15, 0.2) is 0 Å². The van der Waals surface area contributed by atoms with Crippen molar-refractivity contribution in [2.24, 2.45) is 0 Å². The third-order valence-corrected chi connectivity index (χ3v) is 0. The molecule has 0 fully saturated rings. The van der Waals surface area contributed by atoms with Crippen LogP contribution in [0.2, 0.25) is 0 Å². The van der Waals surface area contributed by atoms with Crippen LogP contribution in [0.25, 0.3) is 0 Å². The molecule has 0 spiro atoms. The Morgan fingerprint density at radius 2 is 1.00 bits per heavy atom. The topological polar surface area (TPSA) is 0 Å². The van der Waals surface area contributed by atoms with Gasteiger partial charge in [0, 0.05) is 0 Å². The van der Waals surface area contributed by atoms with Crippen LogP contribution in [0.3, 0.4) is 0 Å². The van der Waals surface area contributed by atoms with E-state index in [2.05, 4.69) is 6.92 Å². The van der Waals surface area contributed by atoms with E-state index in [0.29, 0.717) is 0 Å². The maximum atomic E-state index is 3.25. The van der Waals surface area contributed by atoms with Crippen LogP contribution < -0.4 is 29.4 Å². The molecular formula is C3H8BrClMg2. The van der Waals surface area contributed by atoms with Crippen molar-refractivity contribution in [2.75, 3.05) is 0 Å². The third kappa shape index (κ3) is 62.2. The fourth-order valence-corrected chi connectivity index (χ4v) is 0. The summed E-state index contributed by atoms with van der Waals surface area (Å²) >= 11 is 0. The molecule has 0 N–H and O–H groups in total. The Morgan fingerprint density at radius 1 is 1.00 bits per heavy atom. The van der Waals surface area contributed by atoms with Gasteiger partial charge in [-0.3, -0.25) is 0 Å². The Morgan fingerprint density at radius 3 is 1.00 bits per heavy atom. The van der Waals surface area contributed by atoms with Crippen LogP contribution >= 0.6 is 0 Å². The van der Waals surface area contributed by atoms with Gasteiger partial charge in [0.2, 0.25) is 0 Å². The van der Waals surface area contributed by atoms with Crippen LogP contribution in [-0.4, -0.2) is 46.1 Å². The summed E-state index contributed by atoms with van der Waals surface area (Å²) in [5.41, 5.74) is 0. The zero-order valence-electron chi connectivity index (χ0n) is 4.88. The zero-order chi connectivity index (χ0) is 2.00. The molecule has 7 heavy (non-hydrogen) atoms. The molecule has 0 atom stereocenters. The molecule has 0 aromatic rings. The predicted octanol–water partition coefficient (Wildman–Crippen LogP) is -5.46. The summed E-state index contributed by atoms with van der Waals surface area (Å²) in [6, 6.07) is 0. The van der Waals surface area contributed by atoms with Crippen molar-refractivity contribution < 1.29 is 29.4 Å². The first kappa shape index (κ1) is 58.8. The standard InChI is InChI=1S/C2H5.CH3.BrH.ClH.2Mg/c1-2;;;;;/h1H2,2H3;1H3;2*1H;;/q2*-1;;;2*+2/p-2. The first-order valence-electron chi connectivity index (χ1n) is 0.707. The van der Waals surface area contributed by atoms with E-state index in [4.69, 9.17) is 0 Å². The first-order valence-corrected chi connectivity index (χ1v) is 0.707. The molecular weight excluding hydrogens is 200 g/mol. The van der Waals surface area contributed by atoms with Crippen molar-refractivity contribution in [1.82, 2.24) is 0 Å². The van der Waals surface area contributed by atoms with E-state index in [-0.39, 0.29) is 82.9 Å². The van der Waals surface area contributed by atoms with Crippen molar-refractivity contribution in [3.63, 3.8) is 0 Å². The Kier molecular flexibility index (Phi) is 701. The number of hydrogen-bond donors (Lipinski definition) is 0. The molecule has 0 aliphatic heterocycles. The molecule has 0 nitrogen and oxygen atoms in total. The molecule has 0 amide bonds. The summed E-state index contributed by atoms with van der Waals surface area (Å²) in [7, 11) is 0. The molecule has 0 saturated carbocycles. The summed E-state index contributed by atoms with van der Waals surface area (Å²) in [5.74, 6) is 0. The molecule has 0 radical (unpaired) electrons. The van der Waals surface area contributed by atoms with Crippen molar-refractivity contribution in [3.05, 3.63) is 14.4 Å². The van der Waals surface area contributed by atoms with Crippen LogP contribution in [0, 0.1) is 14.4 Å². The second-order valence-electron chi connectivity index (χ2n) is 0. The Bertz CT molecular complexity index is 12.9. The minimum atomic E-state index is 0. The molecule has 0 aliphatic rings. The van der Waals surface area contributed by atoms with Gasteiger partial charge in [0.1, 0.15) is 0 Å². The van der Waals surface area contributed by atoms with Gasteiger partial charge in [-0.15, -0.1) is 0 Å². The molecule has 0 heterocycles. The smallest absolute Gasteiger partial charge is 1.00 e. The van der Waals surface area contributed by atoms with Gasteiger partial charge in [-0.2, -0.15) is 6.92 Å². The molecule has 0 bridgehead atoms. The van der Waals surface area contributed by atoms with Gasteiger partial charge in [0.25, 0.3) is 0 Å². The van der Waals surface area contributed by atoms with Gasteiger partial charge >= 0.3 is 46.1 Å². The van der Waals surface area contributed by atoms with Gasteiger partial charge in [-0.05, 0) is 0 Å². The Balaban J connectivity index is -0.000000000500. The van der Waals surface area contributed by atoms with Crippen LogP contribution in [0.4, 0.5) is 0 Å². The van der Waals surface area contributed by atoms with Crippen molar-refractivity contribution in [2.45, 2.75) is 6.92 Å².